The molecule has 5 heteroatoms. The largest absolute Gasteiger partial charge is 0.366 e. The summed E-state index contributed by atoms with van der Waals surface area (Å²) in [5.41, 5.74) is 6.17. The third kappa shape index (κ3) is 3.18. The van der Waals surface area contributed by atoms with Crippen LogP contribution < -0.4 is 5.32 Å². The monoisotopic (exact) mass is 414 g/mol. The second-order valence-corrected chi connectivity index (χ2v) is 9.46. The number of nitrogens with zero attached hydrogens (tertiary/aromatic N) is 3. The van der Waals surface area contributed by atoms with Crippen molar-refractivity contribution in [2.45, 2.75) is 58.2 Å². The average Bonchev–Trinajstić information content (AvgIpc) is 3.35. The maximum atomic E-state index is 12.6. The van der Waals surface area contributed by atoms with Gasteiger partial charge >= 0.3 is 0 Å². The molecule has 0 saturated heterocycles. The van der Waals surface area contributed by atoms with E-state index in [1.165, 1.54) is 22.3 Å². The van der Waals surface area contributed by atoms with E-state index in [0.29, 0.717) is 18.3 Å². The Hall–Kier alpha value is -2.95. The maximum Gasteiger partial charge on any atom is 0.270 e. The number of nitrogens with one attached hydrogen (secondary N) is 1. The molecule has 5 rings (SSSR count). The van der Waals surface area contributed by atoms with Gasteiger partial charge in [0.15, 0.2) is 0 Å². The van der Waals surface area contributed by atoms with Gasteiger partial charge in [-0.2, -0.15) is 0 Å². The first-order chi connectivity index (χ1) is 14.9. The van der Waals surface area contributed by atoms with E-state index < -0.39 is 0 Å². The van der Waals surface area contributed by atoms with Crippen molar-refractivity contribution < 1.29 is 4.79 Å². The first-order valence-corrected chi connectivity index (χ1v) is 11.3. The normalized spacial score (nSPS) is 26.7. The second-order valence-electron chi connectivity index (χ2n) is 9.46. The summed E-state index contributed by atoms with van der Waals surface area (Å²) in [7, 11) is 0. The van der Waals surface area contributed by atoms with Crippen LogP contribution in [-0.2, 0) is 23.1 Å². The minimum atomic E-state index is -0.0838. The maximum absolute atomic E-state index is 12.6. The van der Waals surface area contributed by atoms with E-state index in [1.54, 1.807) is 0 Å². The average molecular weight is 415 g/mol. The van der Waals surface area contributed by atoms with Crippen LogP contribution in [0.1, 0.15) is 49.9 Å². The standard InChI is InChI=1S/C26H30N4O/c1-16(2)23-25(31)30(18(4)29-23)12-6-7-19-9-10-20-14-26(15-21(20)13-19)17(3)28-24-22(26)8-5-11-27-24/h5-11,13,16-18H,12,14-15H2,1-4H3,(H,27,28)/b7-6+. The van der Waals surface area contributed by atoms with Gasteiger partial charge in [0, 0.05) is 35.7 Å². The Bertz CT molecular complexity index is 1100. The second kappa shape index (κ2) is 7.33. The predicted molar refractivity (Wildman–Crippen MR) is 125 cm³/mol. The minimum Gasteiger partial charge on any atom is -0.366 e. The van der Waals surface area contributed by atoms with E-state index in [2.05, 4.69) is 58.6 Å². The van der Waals surface area contributed by atoms with Crippen LogP contribution in [0.5, 0.6) is 0 Å². The molecule has 5 nitrogen and oxygen atoms in total. The quantitative estimate of drug-likeness (QED) is 0.815. The lowest BCUT2D eigenvalue weighted by Crippen LogP contribution is -2.37. The number of hydrogen-bond acceptors (Lipinski definition) is 4. The van der Waals surface area contributed by atoms with E-state index in [-0.39, 0.29) is 23.4 Å². The van der Waals surface area contributed by atoms with Gasteiger partial charge in [-0.15, -0.1) is 0 Å². The molecule has 0 bridgehead atoms. The topological polar surface area (TPSA) is 57.6 Å². The highest BCUT2D eigenvalue weighted by Crippen LogP contribution is 2.49. The number of aliphatic imine (C=N–C) groups is 1. The summed E-state index contributed by atoms with van der Waals surface area (Å²) in [6.45, 7) is 8.89. The number of aromatic nitrogens is 1. The molecule has 1 aliphatic carbocycles. The molecule has 1 amide bonds. The molecule has 2 aromatic rings. The number of carbonyl (C=O) groups excluding carboxylic acids is 1. The first-order valence-electron chi connectivity index (χ1n) is 11.3. The molecule has 0 fully saturated rings. The molecule has 1 aromatic heterocycles. The van der Waals surface area contributed by atoms with E-state index >= 15 is 0 Å². The summed E-state index contributed by atoms with van der Waals surface area (Å²) < 4.78 is 0. The molecule has 1 aromatic carbocycles. The van der Waals surface area contributed by atoms with Crippen LogP contribution in [0.15, 0.2) is 47.6 Å². The van der Waals surface area contributed by atoms with Gasteiger partial charge in [0.25, 0.3) is 5.91 Å². The Balaban J connectivity index is 1.32. The number of fused-ring (bicyclic) bond motifs is 3. The molecule has 3 aliphatic rings. The molecule has 160 valence electrons. The molecule has 1 N–H and O–H groups in total. The number of benzene rings is 1. The third-order valence-electron chi connectivity index (χ3n) is 7.18. The Labute approximate surface area is 184 Å². The SMILES string of the molecule is CC(C)C1=NC(C)N(C/C=C/c2ccc3c(c2)CC2(C3)c3cccnc3NC2C)C1=O. The van der Waals surface area contributed by atoms with Gasteiger partial charge in [0.2, 0.25) is 0 Å². The molecule has 31 heavy (non-hydrogen) atoms. The van der Waals surface area contributed by atoms with Gasteiger partial charge in [-0.1, -0.05) is 50.3 Å². The number of rotatable bonds is 4. The lowest BCUT2D eigenvalue weighted by atomic mass is 9.75. The van der Waals surface area contributed by atoms with Crippen molar-refractivity contribution in [3.05, 3.63) is 64.9 Å². The van der Waals surface area contributed by atoms with Crippen LogP contribution in [0.3, 0.4) is 0 Å². The summed E-state index contributed by atoms with van der Waals surface area (Å²) in [5, 5.41) is 3.59. The van der Waals surface area contributed by atoms with Crippen LogP contribution in [0.4, 0.5) is 5.82 Å². The predicted octanol–water partition coefficient (Wildman–Crippen LogP) is 4.23. The first kappa shape index (κ1) is 20.0. The number of carbonyl (C=O) groups is 1. The molecule has 3 atom stereocenters. The van der Waals surface area contributed by atoms with E-state index in [9.17, 15) is 4.79 Å². The van der Waals surface area contributed by atoms with E-state index in [4.69, 9.17) is 0 Å². The van der Waals surface area contributed by atoms with Gasteiger partial charge in [0.05, 0.1) is 0 Å². The number of hydrogen-bond donors (Lipinski definition) is 1. The zero-order valence-corrected chi connectivity index (χ0v) is 18.7. The van der Waals surface area contributed by atoms with E-state index in [0.717, 1.165) is 18.7 Å². The lowest BCUT2D eigenvalue weighted by Gasteiger charge is -2.28. The van der Waals surface area contributed by atoms with Crippen LogP contribution in [0.2, 0.25) is 0 Å². The fourth-order valence-electron chi connectivity index (χ4n) is 5.40. The summed E-state index contributed by atoms with van der Waals surface area (Å²) in [6, 6.07) is 11.4. The molecular weight excluding hydrogens is 384 g/mol. The van der Waals surface area contributed by atoms with Gasteiger partial charge in [0.1, 0.15) is 17.7 Å². The number of pyridine rings is 1. The summed E-state index contributed by atoms with van der Waals surface area (Å²) >= 11 is 0. The molecule has 1 spiro atoms. The van der Waals surface area contributed by atoms with Gasteiger partial charge in [-0.25, -0.2) is 4.98 Å². The highest BCUT2D eigenvalue weighted by Gasteiger charge is 2.48. The van der Waals surface area contributed by atoms with Crippen molar-refractivity contribution in [2.24, 2.45) is 10.9 Å². The Kier molecular flexibility index (Phi) is 4.72. The van der Waals surface area contributed by atoms with Crippen molar-refractivity contribution in [3.63, 3.8) is 0 Å². The molecule has 3 heterocycles. The van der Waals surface area contributed by atoms with Crippen LogP contribution in [0.25, 0.3) is 6.08 Å². The van der Waals surface area contributed by atoms with Gasteiger partial charge in [-0.05, 0) is 49.4 Å². The molecular formula is C26H30N4O. The lowest BCUT2D eigenvalue weighted by molar-refractivity contribution is -0.123. The summed E-state index contributed by atoms with van der Waals surface area (Å²) in [4.78, 5) is 23.5. The zero-order valence-electron chi connectivity index (χ0n) is 18.7. The highest BCUT2D eigenvalue weighted by molar-refractivity contribution is 6.40. The fraction of sp³-hybridized carbons (Fsp3) is 0.423. The van der Waals surface area contributed by atoms with Gasteiger partial charge in [-0.3, -0.25) is 9.79 Å². The van der Waals surface area contributed by atoms with Crippen molar-refractivity contribution in [1.29, 1.82) is 0 Å². The molecule has 0 saturated carbocycles. The Morgan fingerprint density at radius 2 is 2.03 bits per heavy atom. The smallest absolute Gasteiger partial charge is 0.270 e. The van der Waals surface area contributed by atoms with Crippen molar-refractivity contribution in [3.8, 4) is 0 Å². The molecule has 3 unspecified atom stereocenters. The van der Waals surface area contributed by atoms with Crippen LogP contribution in [-0.4, -0.2) is 40.3 Å². The van der Waals surface area contributed by atoms with Crippen molar-refractivity contribution in [1.82, 2.24) is 9.88 Å². The zero-order chi connectivity index (χ0) is 21.8. The fourth-order valence-corrected chi connectivity index (χ4v) is 5.40. The van der Waals surface area contributed by atoms with Crippen LogP contribution >= 0.6 is 0 Å². The van der Waals surface area contributed by atoms with Crippen molar-refractivity contribution >= 4 is 23.5 Å². The van der Waals surface area contributed by atoms with Crippen LogP contribution in [0, 0.1) is 5.92 Å². The third-order valence-corrected chi connectivity index (χ3v) is 7.18. The summed E-state index contributed by atoms with van der Waals surface area (Å²) in [5.74, 6) is 1.27. The number of amides is 1. The Morgan fingerprint density at radius 1 is 1.23 bits per heavy atom. The van der Waals surface area contributed by atoms with Gasteiger partial charge < -0.3 is 10.2 Å². The molecule has 2 aliphatic heterocycles. The summed E-state index contributed by atoms with van der Waals surface area (Å²) in [6.07, 6.45) is 8.07. The van der Waals surface area contributed by atoms with Crippen molar-refractivity contribution in [2.75, 3.05) is 11.9 Å². The molecule has 0 radical (unpaired) electrons. The Morgan fingerprint density at radius 3 is 2.81 bits per heavy atom. The highest BCUT2D eigenvalue weighted by atomic mass is 16.2. The van der Waals surface area contributed by atoms with E-state index in [1.807, 2.05) is 37.9 Å². The minimum absolute atomic E-state index is 0.0676. The number of anilines is 1.